The maximum absolute atomic E-state index is 9.41. The summed E-state index contributed by atoms with van der Waals surface area (Å²) in [6.45, 7) is 3.91. The van der Waals surface area contributed by atoms with Crippen LogP contribution in [0, 0.1) is 18.3 Å². The van der Waals surface area contributed by atoms with Gasteiger partial charge in [0.25, 0.3) is 0 Å². The monoisotopic (exact) mass is 429 g/mol. The average Bonchev–Trinajstić information content (AvgIpc) is 3.19. The Morgan fingerprint density at radius 3 is 2.84 bits per heavy atom. The number of benzene rings is 1. The summed E-state index contributed by atoms with van der Waals surface area (Å²) in [4.78, 5) is 14.9. The minimum atomic E-state index is -0.360. The lowest BCUT2D eigenvalue weighted by Crippen LogP contribution is -2.19. The number of fused-ring (bicyclic) bond motifs is 1. The maximum Gasteiger partial charge on any atom is 0.173 e. The molecule has 0 unspecified atom stereocenters. The van der Waals surface area contributed by atoms with Crippen LogP contribution in [0.3, 0.4) is 0 Å². The Balaban J connectivity index is 1.77. The number of hydrogen-bond acceptors (Lipinski definition) is 9. The third-order valence-corrected chi connectivity index (χ3v) is 5.20. The van der Waals surface area contributed by atoms with Crippen LogP contribution in [-0.4, -0.2) is 38.7 Å². The van der Waals surface area contributed by atoms with Gasteiger partial charge in [-0.25, -0.2) is 19.5 Å². The van der Waals surface area contributed by atoms with E-state index in [9.17, 15) is 5.26 Å². The topological polar surface area (TPSA) is 130 Å². The predicted molar refractivity (Wildman–Crippen MR) is 122 cm³/mol. The highest BCUT2D eigenvalue weighted by Gasteiger charge is 2.20. The summed E-state index contributed by atoms with van der Waals surface area (Å²) in [6, 6.07) is 11.4. The van der Waals surface area contributed by atoms with Gasteiger partial charge in [0, 0.05) is 25.0 Å². The van der Waals surface area contributed by atoms with E-state index < -0.39 is 0 Å². The number of nitriles is 1. The van der Waals surface area contributed by atoms with Gasteiger partial charge in [-0.2, -0.15) is 10.4 Å². The Morgan fingerprint density at radius 1 is 1.28 bits per heavy atom. The van der Waals surface area contributed by atoms with Gasteiger partial charge in [-0.15, -0.1) is 0 Å². The van der Waals surface area contributed by atoms with Crippen LogP contribution in [0.15, 0.2) is 42.9 Å². The number of nitrogens with two attached hydrogens (primary N) is 1. The van der Waals surface area contributed by atoms with E-state index in [2.05, 4.69) is 20.4 Å². The number of ether oxygens (including phenoxy) is 1. The van der Waals surface area contributed by atoms with E-state index in [4.69, 9.17) is 15.5 Å². The molecule has 32 heavy (non-hydrogen) atoms. The number of aryl methyl sites for hydroxylation is 1. The minimum absolute atomic E-state index is 0.119. The second-order valence-electron chi connectivity index (χ2n) is 7.31. The Bertz CT molecular complexity index is 1320. The van der Waals surface area contributed by atoms with Crippen molar-refractivity contribution >= 4 is 28.7 Å². The lowest BCUT2D eigenvalue weighted by Gasteiger charge is -2.22. The number of nitrogens with one attached hydrogen (secondary N) is 1. The molecule has 0 saturated carbocycles. The van der Waals surface area contributed by atoms with Crippen LogP contribution >= 0.6 is 0 Å². The van der Waals surface area contributed by atoms with Gasteiger partial charge in [-0.1, -0.05) is 6.07 Å². The van der Waals surface area contributed by atoms with Crippen LogP contribution in [0.5, 0.6) is 5.75 Å². The van der Waals surface area contributed by atoms with Crippen LogP contribution in [-0.2, 0) is 0 Å². The molecule has 0 radical (unpaired) electrons. The van der Waals surface area contributed by atoms with E-state index in [1.807, 2.05) is 68.4 Å². The van der Waals surface area contributed by atoms with Gasteiger partial charge in [0.2, 0.25) is 0 Å². The smallest absolute Gasteiger partial charge is 0.173 e. The molecule has 1 atom stereocenters. The number of aromatic nitrogens is 5. The largest absolute Gasteiger partial charge is 0.497 e. The number of methoxy groups -OCH3 is 1. The number of hydrogen-bond donors (Lipinski definition) is 2. The van der Waals surface area contributed by atoms with Crippen molar-refractivity contribution in [2.45, 2.75) is 19.9 Å². The van der Waals surface area contributed by atoms with E-state index in [0.29, 0.717) is 11.6 Å². The molecule has 3 heterocycles. The van der Waals surface area contributed by atoms with Crippen molar-refractivity contribution in [2.75, 3.05) is 30.1 Å². The van der Waals surface area contributed by atoms with Crippen molar-refractivity contribution in [1.82, 2.24) is 24.6 Å². The fourth-order valence-electron chi connectivity index (χ4n) is 3.42. The summed E-state index contributed by atoms with van der Waals surface area (Å²) in [5, 5.41) is 17.3. The van der Waals surface area contributed by atoms with Crippen LogP contribution < -0.4 is 20.7 Å². The molecule has 0 fully saturated rings. The van der Waals surface area contributed by atoms with Gasteiger partial charge in [0.15, 0.2) is 11.6 Å². The van der Waals surface area contributed by atoms with Crippen LogP contribution in [0.1, 0.15) is 29.9 Å². The molecule has 1 aromatic carbocycles. The summed E-state index contributed by atoms with van der Waals surface area (Å²) >= 11 is 0. The van der Waals surface area contributed by atoms with E-state index in [1.165, 1.54) is 6.33 Å². The average molecular weight is 429 g/mol. The molecule has 0 spiro atoms. The molecule has 0 bridgehead atoms. The van der Waals surface area contributed by atoms with Crippen molar-refractivity contribution in [3.63, 3.8) is 0 Å². The first kappa shape index (κ1) is 20.9. The highest BCUT2D eigenvalue weighted by atomic mass is 16.5. The van der Waals surface area contributed by atoms with Crippen molar-refractivity contribution < 1.29 is 4.74 Å². The highest BCUT2D eigenvalue weighted by Crippen LogP contribution is 2.31. The van der Waals surface area contributed by atoms with Gasteiger partial charge in [-0.3, -0.25) is 0 Å². The Labute approximate surface area is 185 Å². The molecule has 0 amide bonds. The Morgan fingerprint density at radius 2 is 2.09 bits per heavy atom. The van der Waals surface area contributed by atoms with Gasteiger partial charge in [-0.05, 0) is 37.6 Å². The molecule has 10 heteroatoms. The van der Waals surface area contributed by atoms with Crippen molar-refractivity contribution in [3.8, 4) is 11.8 Å². The summed E-state index contributed by atoms with van der Waals surface area (Å²) < 4.78 is 7.18. The number of rotatable bonds is 6. The van der Waals surface area contributed by atoms with Gasteiger partial charge in [0.05, 0.1) is 13.2 Å². The first-order chi connectivity index (χ1) is 15.4. The zero-order valence-electron chi connectivity index (χ0n) is 18.2. The minimum Gasteiger partial charge on any atom is -0.497 e. The SMILES string of the molecule is COc1cccc(N(C)c2nc([C@H](C)Nc3ncnc(N)c3C#N)nn3ccc(C)c23)c1. The van der Waals surface area contributed by atoms with E-state index in [-0.39, 0.29) is 17.4 Å². The number of nitrogen functional groups attached to an aromatic ring is 1. The standard InChI is InChI=1S/C22H23N9O/c1-13-8-9-31-18(13)22(30(3)15-6-5-7-16(10-15)32-4)28-20(29-31)14(2)27-21-17(11-23)19(24)25-12-26-21/h5-10,12,14H,1-4H3,(H3,24,25,26,27)/t14-/m0/s1. The normalized spacial score (nSPS) is 11.7. The molecule has 0 saturated heterocycles. The van der Waals surface area contributed by atoms with Crippen molar-refractivity contribution in [2.24, 2.45) is 0 Å². The third-order valence-electron chi connectivity index (χ3n) is 5.20. The highest BCUT2D eigenvalue weighted by molar-refractivity contribution is 5.78. The van der Waals surface area contributed by atoms with Crippen LogP contribution in [0.2, 0.25) is 0 Å². The first-order valence-electron chi connectivity index (χ1n) is 9.93. The fraction of sp³-hybridized carbons (Fsp3) is 0.227. The predicted octanol–water partition coefficient (Wildman–Crippen LogP) is 3.23. The van der Waals surface area contributed by atoms with Gasteiger partial charge >= 0.3 is 0 Å². The molecule has 3 aromatic heterocycles. The number of anilines is 4. The summed E-state index contributed by atoms with van der Waals surface area (Å²) in [5.74, 6) is 2.48. The summed E-state index contributed by atoms with van der Waals surface area (Å²) in [5.41, 5.74) is 8.87. The van der Waals surface area contributed by atoms with E-state index in [1.54, 1.807) is 11.6 Å². The molecule has 0 aliphatic carbocycles. The van der Waals surface area contributed by atoms with Gasteiger partial charge < -0.3 is 20.7 Å². The molecule has 0 aliphatic heterocycles. The Hall–Kier alpha value is -4.39. The molecule has 0 aliphatic rings. The third kappa shape index (κ3) is 3.72. The molecular formula is C22H23N9O. The first-order valence-corrected chi connectivity index (χ1v) is 9.93. The zero-order valence-corrected chi connectivity index (χ0v) is 18.2. The second kappa shape index (κ2) is 8.39. The van der Waals surface area contributed by atoms with Crippen LogP contribution in [0.25, 0.3) is 5.52 Å². The fourth-order valence-corrected chi connectivity index (χ4v) is 3.42. The van der Waals surface area contributed by atoms with Gasteiger partial charge in [0.1, 0.15) is 40.9 Å². The van der Waals surface area contributed by atoms with E-state index in [0.717, 1.165) is 28.3 Å². The second-order valence-corrected chi connectivity index (χ2v) is 7.31. The van der Waals surface area contributed by atoms with E-state index >= 15 is 0 Å². The Kier molecular flexibility index (Phi) is 5.47. The molecule has 3 N–H and O–H groups in total. The molecule has 10 nitrogen and oxygen atoms in total. The maximum atomic E-state index is 9.41. The molecule has 4 rings (SSSR count). The summed E-state index contributed by atoms with van der Waals surface area (Å²) in [7, 11) is 3.59. The van der Waals surface area contributed by atoms with Crippen LogP contribution in [0.4, 0.5) is 23.1 Å². The molecule has 162 valence electrons. The summed E-state index contributed by atoms with van der Waals surface area (Å²) in [6.07, 6.45) is 3.21. The lowest BCUT2D eigenvalue weighted by molar-refractivity contribution is 0.415. The quantitative estimate of drug-likeness (QED) is 0.474. The lowest BCUT2D eigenvalue weighted by atomic mass is 10.2. The van der Waals surface area contributed by atoms with Crippen molar-refractivity contribution in [1.29, 1.82) is 5.26 Å². The zero-order chi connectivity index (χ0) is 22.8. The molecular weight excluding hydrogens is 406 g/mol. The molecule has 4 aromatic rings. The van der Waals surface area contributed by atoms with Crippen molar-refractivity contribution in [3.05, 3.63) is 59.8 Å². The number of nitrogens with zero attached hydrogens (tertiary/aromatic N) is 7.